The van der Waals surface area contributed by atoms with Crippen molar-refractivity contribution >= 4 is 49.7 Å². The van der Waals surface area contributed by atoms with Crippen molar-refractivity contribution in [2.75, 3.05) is 22.9 Å². The maximum Gasteiger partial charge on any atom is 0.493 e. The summed E-state index contributed by atoms with van der Waals surface area (Å²) >= 11 is 6.88. The van der Waals surface area contributed by atoms with Crippen LogP contribution in [0.4, 0.5) is 24.0 Å². The highest BCUT2D eigenvalue weighted by atomic mass is 35.5. The summed E-state index contributed by atoms with van der Waals surface area (Å²) in [6.07, 6.45) is -4.25. The van der Waals surface area contributed by atoms with E-state index in [2.05, 4.69) is 20.5 Å². The number of halogens is 4. The van der Waals surface area contributed by atoms with Crippen LogP contribution in [0.1, 0.15) is 6.92 Å². The molecule has 1 aromatic carbocycles. The summed E-state index contributed by atoms with van der Waals surface area (Å²) < 4.78 is 63.6. The lowest BCUT2D eigenvalue weighted by Gasteiger charge is -2.22. The van der Waals surface area contributed by atoms with Crippen LogP contribution in [-0.2, 0) is 19.7 Å². The number of carbonyl (C=O) groups excluding carboxylic acids is 1. The molecule has 2 heterocycles. The first-order chi connectivity index (χ1) is 14.0. The third-order valence-electron chi connectivity index (χ3n) is 4.29. The summed E-state index contributed by atoms with van der Waals surface area (Å²) in [4.78, 5) is 18.6. The maximum atomic E-state index is 12.9. The number of hydrogen-bond donors (Lipinski definition) is 2. The lowest BCUT2D eigenvalue weighted by atomic mass is 10.1. The zero-order chi connectivity index (χ0) is 22.1. The van der Waals surface area contributed by atoms with Gasteiger partial charge < -0.3 is 15.5 Å². The van der Waals surface area contributed by atoms with Crippen LogP contribution in [-0.4, -0.2) is 44.7 Å². The fraction of sp³-hybridized carbons (Fsp3) is 0.375. The van der Waals surface area contributed by atoms with Crippen LogP contribution in [0.25, 0.3) is 0 Å². The van der Waals surface area contributed by atoms with Gasteiger partial charge in [0.15, 0.2) is 0 Å². The molecule has 0 unspecified atom stereocenters. The highest BCUT2D eigenvalue weighted by Gasteiger charge is 2.45. The summed E-state index contributed by atoms with van der Waals surface area (Å²) in [5, 5.41) is 7.28. The van der Waals surface area contributed by atoms with Gasteiger partial charge in [-0.15, -0.1) is 11.3 Å². The van der Waals surface area contributed by atoms with E-state index in [1.807, 2.05) is 6.92 Å². The molecule has 2 aromatic rings. The Morgan fingerprint density at radius 3 is 2.67 bits per heavy atom. The molecule has 0 bridgehead atoms. The molecule has 0 aliphatic carbocycles. The Morgan fingerprint density at radius 1 is 1.40 bits per heavy atom. The predicted octanol–water partition coefficient (Wildman–Crippen LogP) is 3.03. The minimum absolute atomic E-state index is 0.0383. The number of rotatable bonds is 6. The lowest BCUT2D eigenvalue weighted by molar-refractivity contribution is -0.199. The van der Waals surface area contributed by atoms with Crippen LogP contribution < -0.4 is 15.1 Å². The number of thiazole rings is 1. The second-order valence-corrected chi connectivity index (χ2v) is 9.48. The SMILES string of the molecule is C[C@H]1CNC[C@@H]1Nc1ccc(S(=O)(=O)N(OC(=O)C(F)(F)F)c2nccs2)cc1Cl. The molecule has 1 aromatic heterocycles. The molecular weight excluding hydrogens is 469 g/mol. The van der Waals surface area contributed by atoms with E-state index in [0.29, 0.717) is 29.5 Å². The minimum atomic E-state index is -5.40. The Bertz CT molecular complexity index is 1020. The highest BCUT2D eigenvalue weighted by molar-refractivity contribution is 7.92. The summed E-state index contributed by atoms with van der Waals surface area (Å²) in [5.41, 5.74) is 0.462. The fourth-order valence-electron chi connectivity index (χ4n) is 2.70. The molecule has 164 valence electrons. The van der Waals surface area contributed by atoms with Gasteiger partial charge in [0.05, 0.1) is 15.6 Å². The van der Waals surface area contributed by atoms with Crippen LogP contribution in [0.2, 0.25) is 5.02 Å². The molecule has 1 aliphatic rings. The quantitative estimate of drug-likeness (QED) is 0.608. The van der Waals surface area contributed by atoms with Gasteiger partial charge >= 0.3 is 12.1 Å². The van der Waals surface area contributed by atoms with Gasteiger partial charge in [-0.05, 0) is 30.7 Å². The first-order valence-electron chi connectivity index (χ1n) is 8.51. The molecule has 0 spiro atoms. The molecule has 14 heteroatoms. The van der Waals surface area contributed by atoms with Gasteiger partial charge in [-0.3, -0.25) is 0 Å². The number of carbonyl (C=O) groups is 1. The van der Waals surface area contributed by atoms with Crippen LogP contribution in [0.15, 0.2) is 34.7 Å². The van der Waals surface area contributed by atoms with E-state index < -0.39 is 32.2 Å². The Labute approximate surface area is 179 Å². The largest absolute Gasteiger partial charge is 0.493 e. The van der Waals surface area contributed by atoms with E-state index >= 15 is 0 Å². The number of aromatic nitrogens is 1. The Hall–Kier alpha value is -2.09. The zero-order valence-electron chi connectivity index (χ0n) is 15.3. The van der Waals surface area contributed by atoms with Gasteiger partial charge in [-0.1, -0.05) is 23.0 Å². The maximum absolute atomic E-state index is 12.9. The third-order valence-corrected chi connectivity index (χ3v) is 6.99. The van der Waals surface area contributed by atoms with Gasteiger partial charge in [0.2, 0.25) is 5.13 Å². The molecular formula is C16H16ClF3N4O4S2. The fourth-order valence-corrected chi connectivity index (χ4v) is 5.02. The van der Waals surface area contributed by atoms with E-state index in [-0.39, 0.29) is 15.5 Å². The molecule has 30 heavy (non-hydrogen) atoms. The van der Waals surface area contributed by atoms with Gasteiger partial charge in [-0.2, -0.15) is 21.6 Å². The number of alkyl halides is 3. The number of nitrogens with one attached hydrogen (secondary N) is 2. The second-order valence-electron chi connectivity index (χ2n) is 6.45. The minimum Gasteiger partial charge on any atom is -0.380 e. The van der Waals surface area contributed by atoms with E-state index in [9.17, 15) is 26.4 Å². The number of benzene rings is 1. The second kappa shape index (κ2) is 8.57. The van der Waals surface area contributed by atoms with Crippen molar-refractivity contribution in [2.45, 2.75) is 24.0 Å². The lowest BCUT2D eigenvalue weighted by Crippen LogP contribution is -2.38. The predicted molar refractivity (Wildman–Crippen MR) is 105 cm³/mol. The van der Waals surface area contributed by atoms with Crippen molar-refractivity contribution in [3.63, 3.8) is 0 Å². The monoisotopic (exact) mass is 484 g/mol. The van der Waals surface area contributed by atoms with Crippen LogP contribution in [0.5, 0.6) is 0 Å². The van der Waals surface area contributed by atoms with Crippen molar-refractivity contribution in [1.82, 2.24) is 10.3 Å². The standard InChI is InChI=1S/C16H16ClF3N4O4S2/c1-9-7-21-8-13(9)23-12-3-2-10(6-11(12)17)30(26,27)24(15-22-4-5-29-15)28-14(25)16(18,19)20/h2-6,9,13,21,23H,7-8H2,1H3/t9-,13-/m0/s1. The smallest absolute Gasteiger partial charge is 0.380 e. The third kappa shape index (κ3) is 4.79. The van der Waals surface area contributed by atoms with E-state index in [4.69, 9.17) is 11.6 Å². The molecule has 3 rings (SSSR count). The molecule has 0 radical (unpaired) electrons. The van der Waals surface area contributed by atoms with Crippen molar-refractivity contribution in [3.05, 3.63) is 34.8 Å². The molecule has 2 atom stereocenters. The van der Waals surface area contributed by atoms with Crippen molar-refractivity contribution in [3.8, 4) is 0 Å². The number of hydrogen-bond acceptors (Lipinski definition) is 8. The highest BCUT2D eigenvalue weighted by Crippen LogP contribution is 2.32. The molecule has 1 saturated heterocycles. The van der Waals surface area contributed by atoms with Gasteiger partial charge in [-0.25, -0.2) is 9.78 Å². The first-order valence-corrected chi connectivity index (χ1v) is 11.2. The molecule has 0 saturated carbocycles. The van der Waals surface area contributed by atoms with Crippen molar-refractivity contribution in [2.24, 2.45) is 5.92 Å². The average Bonchev–Trinajstić information content (AvgIpc) is 3.32. The van der Waals surface area contributed by atoms with E-state index in [1.165, 1.54) is 11.4 Å². The summed E-state index contributed by atoms with van der Waals surface area (Å²) in [6, 6.07) is 3.68. The van der Waals surface area contributed by atoms with Crippen LogP contribution in [0, 0.1) is 5.92 Å². The molecule has 1 aliphatic heterocycles. The summed E-state index contributed by atoms with van der Waals surface area (Å²) in [5.74, 6) is -2.39. The van der Waals surface area contributed by atoms with Gasteiger partial charge in [0, 0.05) is 24.2 Å². The number of sulfonamides is 1. The first kappa shape index (κ1) is 22.6. The molecule has 1 fully saturated rings. The van der Waals surface area contributed by atoms with Crippen molar-refractivity contribution in [1.29, 1.82) is 0 Å². The molecule has 0 amide bonds. The number of nitrogens with zero attached hydrogens (tertiary/aromatic N) is 2. The Kier molecular flexibility index (Phi) is 6.45. The summed E-state index contributed by atoms with van der Waals surface area (Å²) in [7, 11) is -4.74. The normalized spacial score (nSPS) is 19.5. The van der Waals surface area contributed by atoms with E-state index in [0.717, 1.165) is 24.9 Å². The molecule has 8 nitrogen and oxygen atoms in total. The Morgan fingerprint density at radius 2 is 2.13 bits per heavy atom. The van der Waals surface area contributed by atoms with Crippen molar-refractivity contribution < 1.29 is 31.2 Å². The molecule has 2 N–H and O–H groups in total. The van der Waals surface area contributed by atoms with Crippen LogP contribution in [0.3, 0.4) is 0 Å². The Balaban J connectivity index is 1.91. The van der Waals surface area contributed by atoms with E-state index in [1.54, 1.807) is 0 Å². The van der Waals surface area contributed by atoms with Crippen LogP contribution >= 0.6 is 22.9 Å². The average molecular weight is 485 g/mol. The summed E-state index contributed by atoms with van der Waals surface area (Å²) in [6.45, 7) is 3.54. The van der Waals surface area contributed by atoms with Gasteiger partial charge in [0.25, 0.3) is 10.0 Å². The zero-order valence-corrected chi connectivity index (χ0v) is 17.7. The topological polar surface area (TPSA) is 101 Å². The van der Waals surface area contributed by atoms with Gasteiger partial charge in [0.1, 0.15) is 0 Å². The number of anilines is 2.